The van der Waals surface area contributed by atoms with Crippen LogP contribution in [0.15, 0.2) is 30.5 Å². The summed E-state index contributed by atoms with van der Waals surface area (Å²) in [6, 6.07) is 6.34. The van der Waals surface area contributed by atoms with Crippen LogP contribution in [0.5, 0.6) is 0 Å². The van der Waals surface area contributed by atoms with Crippen LogP contribution in [0.1, 0.15) is 23.7 Å². The van der Waals surface area contributed by atoms with Gasteiger partial charge >= 0.3 is 0 Å². The fourth-order valence-corrected chi connectivity index (χ4v) is 2.33. The Balaban J connectivity index is 1.85. The Hall–Kier alpha value is -2.28. The second-order valence-electron chi connectivity index (χ2n) is 5.66. The molecule has 1 aromatic carbocycles. The van der Waals surface area contributed by atoms with E-state index in [1.165, 1.54) is 16.9 Å². The molecular formula is C16H22FN5O. The van der Waals surface area contributed by atoms with Gasteiger partial charge in [0.15, 0.2) is 0 Å². The molecule has 1 heterocycles. The Bertz CT molecular complexity index is 638. The van der Waals surface area contributed by atoms with Gasteiger partial charge in [0.25, 0.3) is 0 Å². The molecule has 7 heteroatoms. The number of halogens is 1. The van der Waals surface area contributed by atoms with E-state index in [0.29, 0.717) is 19.4 Å². The topological polar surface area (TPSA) is 63.1 Å². The van der Waals surface area contributed by atoms with Gasteiger partial charge in [-0.2, -0.15) is 15.0 Å². The molecule has 0 spiro atoms. The second-order valence-corrected chi connectivity index (χ2v) is 5.66. The number of likely N-dealkylation sites (N-methyl/N-ethyl adjacent to an activating group) is 1. The summed E-state index contributed by atoms with van der Waals surface area (Å²) in [7, 11) is 5.60. The minimum absolute atomic E-state index is 0.00364. The van der Waals surface area contributed by atoms with Gasteiger partial charge in [0.2, 0.25) is 5.91 Å². The van der Waals surface area contributed by atoms with Gasteiger partial charge in [-0.1, -0.05) is 12.1 Å². The van der Waals surface area contributed by atoms with Crippen LogP contribution >= 0.6 is 0 Å². The zero-order valence-electron chi connectivity index (χ0n) is 13.7. The lowest BCUT2D eigenvalue weighted by molar-refractivity contribution is -0.121. The Morgan fingerprint density at radius 3 is 2.61 bits per heavy atom. The fraction of sp³-hybridized carbons (Fsp3) is 0.438. The maximum atomic E-state index is 13.0. The van der Waals surface area contributed by atoms with E-state index in [9.17, 15) is 9.18 Å². The van der Waals surface area contributed by atoms with Crippen molar-refractivity contribution in [1.82, 2.24) is 25.2 Å². The number of amides is 1. The molecule has 0 aliphatic heterocycles. The van der Waals surface area contributed by atoms with Crippen LogP contribution < -0.4 is 5.32 Å². The number of hydrogen-bond donors (Lipinski definition) is 1. The first-order chi connectivity index (χ1) is 11.0. The number of aryl methyl sites for hydroxylation is 2. The van der Waals surface area contributed by atoms with E-state index in [1.807, 2.05) is 19.0 Å². The molecule has 0 fully saturated rings. The van der Waals surface area contributed by atoms with Crippen molar-refractivity contribution in [3.63, 3.8) is 0 Å². The second kappa shape index (κ2) is 7.82. The largest absolute Gasteiger partial charge is 0.354 e. The molecule has 23 heavy (non-hydrogen) atoms. The molecule has 0 radical (unpaired) electrons. The summed E-state index contributed by atoms with van der Waals surface area (Å²) in [5.41, 5.74) is 1.76. The van der Waals surface area contributed by atoms with Crippen LogP contribution in [0, 0.1) is 5.82 Å². The van der Waals surface area contributed by atoms with E-state index < -0.39 is 0 Å². The molecule has 0 bridgehead atoms. The van der Waals surface area contributed by atoms with E-state index in [1.54, 1.807) is 25.4 Å². The quantitative estimate of drug-likeness (QED) is 0.836. The summed E-state index contributed by atoms with van der Waals surface area (Å²) in [5, 5.41) is 11.0. The molecule has 1 amide bonds. The molecule has 0 saturated heterocycles. The number of nitrogens with zero attached hydrogens (tertiary/aromatic N) is 4. The lowest BCUT2D eigenvalue weighted by Crippen LogP contribution is -2.34. The van der Waals surface area contributed by atoms with Crippen LogP contribution in [-0.2, 0) is 18.3 Å². The number of carbonyl (C=O) groups is 1. The van der Waals surface area contributed by atoms with Crippen molar-refractivity contribution in [3.05, 3.63) is 47.5 Å². The van der Waals surface area contributed by atoms with Crippen LogP contribution in [-0.4, -0.2) is 46.4 Å². The molecule has 124 valence electrons. The first-order valence-electron chi connectivity index (χ1n) is 7.49. The standard InChI is InChI=1S/C16H22FN5O/c1-21(2)15(12-4-6-13(17)7-5-12)11-18-16(23)9-8-14-10-19-22(3)20-14/h4-7,10,15H,8-9,11H2,1-3H3,(H,18,23). The van der Waals surface area contributed by atoms with Gasteiger partial charge in [-0.15, -0.1) is 0 Å². The van der Waals surface area contributed by atoms with Crippen molar-refractivity contribution in [3.8, 4) is 0 Å². The maximum absolute atomic E-state index is 13.0. The van der Waals surface area contributed by atoms with Gasteiger partial charge in [-0.25, -0.2) is 4.39 Å². The minimum Gasteiger partial charge on any atom is -0.354 e. The fourth-order valence-electron chi connectivity index (χ4n) is 2.33. The molecule has 6 nitrogen and oxygen atoms in total. The van der Waals surface area contributed by atoms with E-state index in [4.69, 9.17) is 0 Å². The van der Waals surface area contributed by atoms with Crippen LogP contribution in [0.3, 0.4) is 0 Å². The molecule has 1 atom stereocenters. The highest BCUT2D eigenvalue weighted by molar-refractivity contribution is 5.76. The summed E-state index contributed by atoms with van der Waals surface area (Å²) in [6.45, 7) is 0.470. The maximum Gasteiger partial charge on any atom is 0.220 e. The van der Waals surface area contributed by atoms with Gasteiger partial charge in [-0.05, 0) is 31.8 Å². The van der Waals surface area contributed by atoms with E-state index >= 15 is 0 Å². The minimum atomic E-state index is -0.265. The van der Waals surface area contributed by atoms with Gasteiger partial charge in [-0.3, -0.25) is 4.79 Å². The Morgan fingerprint density at radius 2 is 2.04 bits per heavy atom. The monoisotopic (exact) mass is 319 g/mol. The molecular weight excluding hydrogens is 297 g/mol. The Labute approximate surface area is 135 Å². The van der Waals surface area contributed by atoms with Crippen molar-refractivity contribution in [2.45, 2.75) is 18.9 Å². The smallest absolute Gasteiger partial charge is 0.220 e. The third-order valence-electron chi connectivity index (χ3n) is 3.63. The summed E-state index contributed by atoms with van der Waals surface area (Å²) >= 11 is 0. The highest BCUT2D eigenvalue weighted by Crippen LogP contribution is 2.17. The van der Waals surface area contributed by atoms with Gasteiger partial charge in [0.05, 0.1) is 17.9 Å². The number of carbonyl (C=O) groups excluding carboxylic acids is 1. The van der Waals surface area contributed by atoms with E-state index in [-0.39, 0.29) is 17.8 Å². The lowest BCUT2D eigenvalue weighted by Gasteiger charge is -2.25. The number of aromatic nitrogens is 3. The normalized spacial score (nSPS) is 12.4. The molecule has 2 rings (SSSR count). The van der Waals surface area contributed by atoms with Crippen molar-refractivity contribution in [2.24, 2.45) is 7.05 Å². The summed E-state index contributed by atoms with van der Waals surface area (Å²) in [6.07, 6.45) is 2.58. The predicted octanol–water partition coefficient (Wildman–Crippen LogP) is 1.31. The lowest BCUT2D eigenvalue weighted by atomic mass is 10.1. The van der Waals surface area contributed by atoms with Crippen molar-refractivity contribution in [1.29, 1.82) is 0 Å². The number of hydrogen-bond acceptors (Lipinski definition) is 4. The Kier molecular flexibility index (Phi) is 5.81. The highest BCUT2D eigenvalue weighted by Gasteiger charge is 2.15. The molecule has 1 unspecified atom stereocenters. The van der Waals surface area contributed by atoms with Gasteiger partial charge in [0.1, 0.15) is 5.82 Å². The van der Waals surface area contributed by atoms with E-state index in [0.717, 1.165) is 11.3 Å². The average Bonchev–Trinajstić information content (AvgIpc) is 2.92. The molecule has 2 aromatic rings. The molecule has 1 N–H and O–H groups in total. The van der Waals surface area contributed by atoms with Crippen molar-refractivity contribution in [2.75, 3.05) is 20.6 Å². The Morgan fingerprint density at radius 1 is 1.35 bits per heavy atom. The number of benzene rings is 1. The summed E-state index contributed by atoms with van der Waals surface area (Å²) in [5.74, 6) is -0.302. The first-order valence-corrected chi connectivity index (χ1v) is 7.49. The summed E-state index contributed by atoms with van der Waals surface area (Å²) in [4.78, 5) is 15.5. The van der Waals surface area contributed by atoms with Crippen molar-refractivity contribution >= 4 is 5.91 Å². The van der Waals surface area contributed by atoms with Crippen LogP contribution in [0.4, 0.5) is 4.39 Å². The predicted molar refractivity (Wildman–Crippen MR) is 85.2 cm³/mol. The highest BCUT2D eigenvalue weighted by atomic mass is 19.1. The van der Waals surface area contributed by atoms with Crippen LogP contribution in [0.2, 0.25) is 0 Å². The zero-order chi connectivity index (χ0) is 16.8. The number of rotatable bonds is 7. The van der Waals surface area contributed by atoms with Crippen molar-refractivity contribution < 1.29 is 9.18 Å². The van der Waals surface area contributed by atoms with E-state index in [2.05, 4.69) is 15.5 Å². The molecule has 1 aromatic heterocycles. The van der Waals surface area contributed by atoms with Crippen LogP contribution in [0.25, 0.3) is 0 Å². The first kappa shape index (κ1) is 17.1. The average molecular weight is 319 g/mol. The SMILES string of the molecule is CN(C)C(CNC(=O)CCc1cnn(C)n1)c1ccc(F)cc1. The number of nitrogens with one attached hydrogen (secondary N) is 1. The molecule has 0 saturated carbocycles. The molecule has 0 aliphatic carbocycles. The third kappa shape index (κ3) is 5.14. The summed E-state index contributed by atoms with van der Waals surface area (Å²) < 4.78 is 13.0. The zero-order valence-corrected chi connectivity index (χ0v) is 13.7. The third-order valence-corrected chi connectivity index (χ3v) is 3.63. The van der Waals surface area contributed by atoms with Gasteiger partial charge < -0.3 is 10.2 Å². The van der Waals surface area contributed by atoms with Gasteiger partial charge in [0, 0.05) is 26.4 Å². The molecule has 0 aliphatic rings.